The zero-order valence-electron chi connectivity index (χ0n) is 16.7. The topological polar surface area (TPSA) is 133 Å². The lowest BCUT2D eigenvalue weighted by atomic mass is 9.78. The monoisotopic (exact) mass is 472 g/mol. The Kier molecular flexibility index (Phi) is 6.31. The van der Waals surface area contributed by atoms with Crippen molar-refractivity contribution in [3.63, 3.8) is 0 Å². The number of fused-ring (bicyclic) bond motifs is 1. The van der Waals surface area contributed by atoms with Gasteiger partial charge >= 0.3 is 24.1 Å². The minimum Gasteiger partial charge on any atom is -0.458 e. The molecule has 0 amide bonds. The lowest BCUT2D eigenvalue weighted by molar-refractivity contribution is -0.220. The van der Waals surface area contributed by atoms with Gasteiger partial charge in [-0.3, -0.25) is 18.9 Å². The van der Waals surface area contributed by atoms with Gasteiger partial charge in [0.15, 0.2) is 0 Å². The van der Waals surface area contributed by atoms with Gasteiger partial charge in [-0.15, -0.1) is 0 Å². The molecule has 3 fully saturated rings. The molecule has 31 heavy (non-hydrogen) atoms. The summed E-state index contributed by atoms with van der Waals surface area (Å²) in [7, 11) is -5.11. The highest BCUT2D eigenvalue weighted by Gasteiger charge is 2.70. The molecule has 0 radical (unpaired) electrons. The lowest BCUT2D eigenvalue weighted by Crippen LogP contribution is -2.47. The first kappa shape index (κ1) is 23.8. The summed E-state index contributed by atoms with van der Waals surface area (Å²) in [5.41, 5.74) is 0. The van der Waals surface area contributed by atoms with Crippen LogP contribution in [0, 0.1) is 29.6 Å². The minimum absolute atomic E-state index is 0.0266. The third-order valence-corrected chi connectivity index (χ3v) is 7.01. The van der Waals surface area contributed by atoms with Crippen molar-refractivity contribution in [3.05, 3.63) is 0 Å². The molecule has 2 saturated carbocycles. The van der Waals surface area contributed by atoms with E-state index in [9.17, 15) is 36.0 Å². The highest BCUT2D eigenvalue weighted by Crippen LogP contribution is 2.59. The number of halogens is 3. The zero-order valence-corrected chi connectivity index (χ0v) is 17.5. The molecule has 1 saturated heterocycles. The quantitative estimate of drug-likeness (QED) is 0.317. The van der Waals surface area contributed by atoms with E-state index in [1.807, 2.05) is 13.8 Å². The van der Waals surface area contributed by atoms with E-state index < -0.39 is 81.9 Å². The Morgan fingerprint density at radius 2 is 1.94 bits per heavy atom. The Labute approximate surface area is 176 Å². The van der Waals surface area contributed by atoms with Crippen LogP contribution in [-0.4, -0.2) is 61.1 Å². The van der Waals surface area contributed by atoms with Gasteiger partial charge in [-0.05, 0) is 12.3 Å². The number of rotatable bonds is 8. The van der Waals surface area contributed by atoms with Gasteiger partial charge in [-0.1, -0.05) is 20.3 Å². The average Bonchev–Trinajstić information content (AvgIpc) is 3.22. The number of hydrogen-bond donors (Lipinski definition) is 1. The van der Waals surface area contributed by atoms with Crippen molar-refractivity contribution in [1.82, 2.24) is 0 Å². The molecule has 1 N–H and O–H groups in total. The van der Waals surface area contributed by atoms with E-state index in [1.54, 1.807) is 0 Å². The predicted molar refractivity (Wildman–Crippen MR) is 94.8 cm³/mol. The van der Waals surface area contributed by atoms with Gasteiger partial charge in [0.1, 0.15) is 18.0 Å². The van der Waals surface area contributed by atoms with Crippen LogP contribution in [0.2, 0.25) is 0 Å². The smallest absolute Gasteiger partial charge is 0.426 e. The normalized spacial score (nSPS) is 33.7. The number of carbonyl (C=O) groups excluding carboxylic acids is 3. The van der Waals surface area contributed by atoms with Gasteiger partial charge in [-0.2, -0.15) is 21.6 Å². The summed E-state index contributed by atoms with van der Waals surface area (Å²) in [5, 5.41) is 0. The minimum atomic E-state index is -5.26. The molecule has 8 unspecified atom stereocenters. The first-order chi connectivity index (χ1) is 14.2. The van der Waals surface area contributed by atoms with E-state index in [0.717, 1.165) is 0 Å². The molecule has 8 atom stereocenters. The fourth-order valence-corrected chi connectivity index (χ4v) is 5.34. The molecule has 176 valence electrons. The molecule has 1 aliphatic heterocycles. The average molecular weight is 472 g/mol. The number of ether oxygens (including phenoxy) is 3. The molecule has 3 rings (SSSR count). The van der Waals surface area contributed by atoms with Gasteiger partial charge in [0, 0.05) is 18.3 Å². The van der Waals surface area contributed by atoms with Crippen LogP contribution in [0.4, 0.5) is 13.2 Å². The summed E-state index contributed by atoms with van der Waals surface area (Å²) in [6.07, 6.45) is -9.10. The maximum Gasteiger partial charge on any atom is 0.426 e. The van der Waals surface area contributed by atoms with Crippen LogP contribution >= 0.6 is 0 Å². The maximum atomic E-state index is 13.1. The first-order valence-electron chi connectivity index (χ1n) is 9.85. The SMILES string of the molecule is CCC(C)CC(=O)OC1C2CC3C1OC(=O)C3C2C(=O)OC(CS(=O)(=O)O)C(F)(F)F. The second-order valence-corrected chi connectivity index (χ2v) is 9.90. The third kappa shape index (κ3) is 4.81. The summed E-state index contributed by atoms with van der Waals surface area (Å²) < 4.78 is 85.1. The van der Waals surface area contributed by atoms with Crippen LogP contribution < -0.4 is 0 Å². The highest BCUT2D eigenvalue weighted by molar-refractivity contribution is 7.85. The van der Waals surface area contributed by atoms with E-state index in [4.69, 9.17) is 14.0 Å². The summed E-state index contributed by atoms with van der Waals surface area (Å²) in [4.78, 5) is 37.1. The molecule has 2 bridgehead atoms. The van der Waals surface area contributed by atoms with Crippen molar-refractivity contribution in [2.45, 2.75) is 57.6 Å². The van der Waals surface area contributed by atoms with Crippen LogP contribution in [-0.2, 0) is 38.7 Å². The first-order valence-corrected chi connectivity index (χ1v) is 11.5. The van der Waals surface area contributed by atoms with Gasteiger partial charge in [0.2, 0.25) is 6.10 Å². The van der Waals surface area contributed by atoms with Gasteiger partial charge in [0.05, 0.1) is 11.8 Å². The van der Waals surface area contributed by atoms with Gasteiger partial charge < -0.3 is 14.2 Å². The molecule has 9 nitrogen and oxygen atoms in total. The Bertz CT molecular complexity index is 856. The molecule has 0 spiro atoms. The third-order valence-electron chi connectivity index (χ3n) is 6.28. The Morgan fingerprint density at radius 1 is 1.29 bits per heavy atom. The molecular weight excluding hydrogens is 449 g/mol. The van der Waals surface area contributed by atoms with Crippen molar-refractivity contribution in [3.8, 4) is 0 Å². The highest BCUT2D eigenvalue weighted by atomic mass is 32.2. The van der Waals surface area contributed by atoms with Crippen LogP contribution in [0.1, 0.15) is 33.1 Å². The Hall–Kier alpha value is -1.89. The number of hydrogen-bond acceptors (Lipinski definition) is 8. The van der Waals surface area contributed by atoms with Crippen LogP contribution in [0.3, 0.4) is 0 Å². The van der Waals surface area contributed by atoms with Crippen molar-refractivity contribution in [1.29, 1.82) is 0 Å². The van der Waals surface area contributed by atoms with E-state index in [-0.39, 0.29) is 18.8 Å². The summed E-state index contributed by atoms with van der Waals surface area (Å²) >= 11 is 0. The molecule has 0 aromatic rings. The molecule has 0 aromatic carbocycles. The van der Waals surface area contributed by atoms with Crippen molar-refractivity contribution in [2.24, 2.45) is 29.6 Å². The van der Waals surface area contributed by atoms with Crippen LogP contribution in [0.15, 0.2) is 0 Å². The molecule has 1 heterocycles. The zero-order chi connectivity index (χ0) is 23.3. The van der Waals surface area contributed by atoms with Crippen LogP contribution in [0.5, 0.6) is 0 Å². The summed E-state index contributed by atoms with van der Waals surface area (Å²) in [6, 6.07) is 0. The standard InChI is InChI=1S/C18H23F3O9S/c1-3-7(2)4-11(22)29-14-8-5-9-13(17(24)30-15(9)14)12(8)16(23)28-10(18(19,20)21)6-31(25,26)27/h7-10,12-15H,3-6H2,1-2H3,(H,25,26,27). The van der Waals surface area contributed by atoms with Crippen molar-refractivity contribution >= 4 is 28.0 Å². The van der Waals surface area contributed by atoms with Gasteiger partial charge in [0.25, 0.3) is 10.1 Å². The number of alkyl halides is 3. The van der Waals surface area contributed by atoms with Crippen molar-refractivity contribution in [2.75, 3.05) is 5.75 Å². The van der Waals surface area contributed by atoms with Crippen LogP contribution in [0.25, 0.3) is 0 Å². The fourth-order valence-electron chi connectivity index (χ4n) is 4.70. The van der Waals surface area contributed by atoms with E-state index in [1.165, 1.54) is 0 Å². The Morgan fingerprint density at radius 3 is 2.48 bits per heavy atom. The number of esters is 3. The van der Waals surface area contributed by atoms with E-state index >= 15 is 0 Å². The maximum absolute atomic E-state index is 13.1. The Balaban J connectivity index is 1.78. The van der Waals surface area contributed by atoms with E-state index in [0.29, 0.717) is 6.42 Å². The summed E-state index contributed by atoms with van der Waals surface area (Å²) in [6.45, 7) is 3.72. The van der Waals surface area contributed by atoms with Crippen molar-refractivity contribution < 1.29 is 54.7 Å². The fraction of sp³-hybridized carbons (Fsp3) is 0.833. The molecule has 3 aliphatic rings. The molecule has 13 heteroatoms. The second-order valence-electron chi connectivity index (χ2n) is 8.40. The molecule has 0 aromatic heterocycles. The van der Waals surface area contributed by atoms with Gasteiger partial charge in [-0.25, -0.2) is 0 Å². The molecule has 2 aliphatic carbocycles. The number of carbonyl (C=O) groups is 3. The lowest BCUT2D eigenvalue weighted by Gasteiger charge is -2.31. The van der Waals surface area contributed by atoms with E-state index in [2.05, 4.69) is 4.74 Å². The summed E-state index contributed by atoms with van der Waals surface area (Å²) in [5.74, 6) is -8.37. The molecular formula is C18H23F3O9S. The largest absolute Gasteiger partial charge is 0.458 e. The second kappa shape index (κ2) is 8.23. The predicted octanol–water partition coefficient (Wildman–Crippen LogP) is 1.50.